The van der Waals surface area contributed by atoms with Gasteiger partial charge in [0.05, 0.1) is 7.11 Å². The molecule has 284 valence electrons. The smallest absolute Gasteiger partial charge is 0.305 e. The molecule has 10 atom stereocenters. The minimum absolute atomic E-state index is 0.0125. The fraction of sp³-hybridized carbons (Fsp3) is 0.886. The molecule has 0 aromatic heterocycles. The Labute approximate surface area is 305 Å². The second-order valence-corrected chi connectivity index (χ2v) is 19.3. The van der Waals surface area contributed by atoms with Crippen molar-refractivity contribution in [3.8, 4) is 0 Å². The largest absolute Gasteiger partial charge is 0.469 e. The maximum Gasteiger partial charge on any atom is 0.305 e. The first-order valence-electron chi connectivity index (χ1n) is 20.8. The predicted octanol–water partition coefficient (Wildman–Crippen LogP) is 10.5. The van der Waals surface area contributed by atoms with Crippen LogP contribution in [0.3, 0.4) is 0 Å². The van der Waals surface area contributed by atoms with Crippen molar-refractivity contribution >= 4 is 17.8 Å². The van der Waals surface area contributed by atoms with Gasteiger partial charge in [0.25, 0.3) is 0 Å². The van der Waals surface area contributed by atoms with E-state index in [0.29, 0.717) is 42.4 Å². The van der Waals surface area contributed by atoms with Crippen LogP contribution in [0.1, 0.15) is 177 Å². The Bertz CT molecular complexity index is 1260. The zero-order valence-electron chi connectivity index (χ0n) is 33.4. The van der Waals surface area contributed by atoms with Crippen LogP contribution in [0.4, 0.5) is 0 Å². The number of carbonyl (C=O) groups is 3. The lowest BCUT2D eigenvalue weighted by Crippen LogP contribution is -2.69. The Morgan fingerprint density at radius 3 is 1.96 bits per heavy atom. The zero-order chi connectivity index (χ0) is 36.5. The van der Waals surface area contributed by atoms with E-state index < -0.39 is 0 Å². The molecule has 0 spiro atoms. The molecule has 0 heterocycles. The van der Waals surface area contributed by atoms with E-state index in [4.69, 9.17) is 9.47 Å². The minimum atomic E-state index is -0.140. The van der Waals surface area contributed by atoms with E-state index in [9.17, 15) is 14.4 Å². The van der Waals surface area contributed by atoms with Gasteiger partial charge in [-0.1, -0.05) is 85.3 Å². The summed E-state index contributed by atoms with van der Waals surface area (Å²) in [7, 11) is 1.46. The highest BCUT2D eigenvalue weighted by Crippen LogP contribution is 2.76. The van der Waals surface area contributed by atoms with Crippen molar-refractivity contribution in [3.05, 3.63) is 12.2 Å². The Hall–Kier alpha value is -1.85. The number of amides is 1. The third kappa shape index (κ3) is 7.10. The van der Waals surface area contributed by atoms with Gasteiger partial charge in [-0.15, -0.1) is 0 Å². The van der Waals surface area contributed by atoms with Gasteiger partial charge in [0.15, 0.2) is 0 Å². The van der Waals surface area contributed by atoms with Crippen LogP contribution < -0.4 is 5.32 Å². The molecule has 6 heteroatoms. The average molecular weight is 696 g/mol. The van der Waals surface area contributed by atoms with Crippen LogP contribution in [0.25, 0.3) is 0 Å². The summed E-state index contributed by atoms with van der Waals surface area (Å²) in [5.41, 5.74) is 1.94. The van der Waals surface area contributed by atoms with Crippen molar-refractivity contribution in [3.63, 3.8) is 0 Å². The van der Waals surface area contributed by atoms with Crippen molar-refractivity contribution in [1.29, 1.82) is 0 Å². The average Bonchev–Trinajstić information content (AvgIpc) is 3.43. The summed E-state index contributed by atoms with van der Waals surface area (Å²) in [5, 5.41) is 3.78. The van der Waals surface area contributed by atoms with Crippen LogP contribution in [-0.4, -0.2) is 36.6 Å². The van der Waals surface area contributed by atoms with Crippen LogP contribution in [0.15, 0.2) is 12.2 Å². The van der Waals surface area contributed by atoms with E-state index >= 15 is 0 Å². The Balaban J connectivity index is 1.23. The number of rotatable bonds is 14. The Morgan fingerprint density at radius 1 is 0.700 bits per heavy atom. The first-order valence-corrected chi connectivity index (χ1v) is 20.8. The quantitative estimate of drug-likeness (QED) is 0.111. The number of nitrogens with one attached hydrogen (secondary N) is 1. The highest BCUT2D eigenvalue weighted by molar-refractivity contribution is 5.77. The minimum Gasteiger partial charge on any atom is -0.469 e. The molecule has 0 unspecified atom stereocenters. The number of unbranched alkanes of at least 4 members (excludes halogenated alkanes) is 7. The first-order chi connectivity index (χ1) is 23.6. The van der Waals surface area contributed by atoms with Gasteiger partial charge in [-0.3, -0.25) is 14.4 Å². The second kappa shape index (κ2) is 15.2. The van der Waals surface area contributed by atoms with Crippen LogP contribution in [-0.2, 0) is 23.9 Å². The van der Waals surface area contributed by atoms with Gasteiger partial charge >= 0.3 is 11.9 Å². The molecule has 0 saturated heterocycles. The van der Waals surface area contributed by atoms with E-state index in [-0.39, 0.29) is 51.1 Å². The number of allylic oxidation sites excluding steroid dienone is 1. The summed E-state index contributed by atoms with van der Waals surface area (Å²) in [6.45, 7) is 21.1. The van der Waals surface area contributed by atoms with E-state index in [2.05, 4.69) is 53.4 Å². The summed E-state index contributed by atoms with van der Waals surface area (Å²) >= 11 is 0. The van der Waals surface area contributed by atoms with Crippen molar-refractivity contribution in [2.45, 2.75) is 189 Å². The van der Waals surface area contributed by atoms with Gasteiger partial charge in [0.1, 0.15) is 6.10 Å². The molecule has 0 aromatic rings. The molecule has 50 heavy (non-hydrogen) atoms. The molecular weight excluding hydrogens is 622 g/mol. The molecule has 5 saturated carbocycles. The number of hydrogen-bond donors (Lipinski definition) is 1. The molecule has 5 aliphatic rings. The third-order valence-electron chi connectivity index (χ3n) is 16.5. The summed E-state index contributed by atoms with van der Waals surface area (Å²) in [5.74, 6) is 2.80. The van der Waals surface area contributed by atoms with Crippen LogP contribution in [0, 0.1) is 51.2 Å². The molecule has 0 bridgehead atoms. The molecule has 1 N–H and O–H groups in total. The van der Waals surface area contributed by atoms with E-state index in [1.807, 2.05) is 0 Å². The van der Waals surface area contributed by atoms with Gasteiger partial charge in [-0.05, 0) is 130 Å². The lowest BCUT2D eigenvalue weighted by Gasteiger charge is -2.73. The molecule has 5 rings (SSSR count). The summed E-state index contributed by atoms with van der Waals surface area (Å²) in [6, 6.07) is 0. The molecule has 6 nitrogen and oxygen atoms in total. The predicted molar refractivity (Wildman–Crippen MR) is 201 cm³/mol. The van der Waals surface area contributed by atoms with Gasteiger partial charge in [-0.25, -0.2) is 0 Å². The zero-order valence-corrected chi connectivity index (χ0v) is 33.4. The van der Waals surface area contributed by atoms with Crippen molar-refractivity contribution in [2.24, 2.45) is 51.2 Å². The number of methoxy groups -OCH3 is 1. The van der Waals surface area contributed by atoms with Crippen LogP contribution in [0.5, 0.6) is 0 Å². The van der Waals surface area contributed by atoms with Gasteiger partial charge in [-0.2, -0.15) is 0 Å². The van der Waals surface area contributed by atoms with Gasteiger partial charge in [0.2, 0.25) is 5.91 Å². The number of carbonyl (C=O) groups excluding carboxylic acids is 3. The van der Waals surface area contributed by atoms with Crippen molar-refractivity contribution in [2.75, 3.05) is 7.11 Å². The maximum atomic E-state index is 13.7. The summed E-state index contributed by atoms with van der Waals surface area (Å²) in [4.78, 5) is 37.0. The van der Waals surface area contributed by atoms with Crippen molar-refractivity contribution in [1.82, 2.24) is 5.32 Å². The van der Waals surface area contributed by atoms with Crippen LogP contribution in [0.2, 0.25) is 0 Å². The summed E-state index contributed by atoms with van der Waals surface area (Å²) < 4.78 is 10.7. The van der Waals surface area contributed by atoms with E-state index in [1.165, 1.54) is 70.5 Å². The molecule has 0 radical (unpaired) electrons. The van der Waals surface area contributed by atoms with Crippen LogP contribution >= 0.6 is 0 Å². The highest BCUT2D eigenvalue weighted by atomic mass is 16.5. The number of ether oxygens (including phenoxy) is 2. The van der Waals surface area contributed by atoms with Gasteiger partial charge in [0, 0.05) is 30.7 Å². The molecule has 0 aliphatic heterocycles. The van der Waals surface area contributed by atoms with E-state index in [1.54, 1.807) is 6.92 Å². The lowest BCUT2D eigenvalue weighted by atomic mass is 9.32. The molecular formula is C44H73NO5. The summed E-state index contributed by atoms with van der Waals surface area (Å²) in [6.07, 6.45) is 21.6. The SMILES string of the molecule is C=C(C)[C@@H]1CC[C@]2(NC(=O)CCCCCCCCCCC(=O)OC)CC[C@]3(C)[C@H](CC[C@@H]4[C@@]5(C)CC[C@H](OC(C)=O)C(C)(C)[C@@H]5CC[C@]43C)[C@@H]12. The second-order valence-electron chi connectivity index (χ2n) is 19.3. The molecule has 5 fully saturated rings. The standard InChI is InChI=1S/C44H73NO5/c1-30(2)32-22-27-44(45-37(47)18-16-14-12-10-11-13-15-17-19-38(48)49-9)29-28-42(7)33(39(32)44)20-21-35-41(6)25-24-36(50-31(3)46)40(4,5)34(41)23-26-43(35,42)8/h32-36,39H,1,10-29H2,2-9H3,(H,45,47)/t32-,33+,34-,35+,36-,39+,41-,42+,43+,44-/m0/s1. The Morgan fingerprint density at radius 2 is 1.34 bits per heavy atom. The number of esters is 2. The van der Waals surface area contributed by atoms with E-state index in [0.717, 1.165) is 57.8 Å². The fourth-order valence-corrected chi connectivity index (χ4v) is 13.8. The topological polar surface area (TPSA) is 81.7 Å². The lowest BCUT2D eigenvalue weighted by molar-refractivity contribution is -0.246. The normalized spacial score (nSPS) is 40.0. The molecule has 1 amide bonds. The van der Waals surface area contributed by atoms with Gasteiger partial charge < -0.3 is 14.8 Å². The molecule has 0 aromatic carbocycles. The maximum absolute atomic E-state index is 13.7. The number of hydrogen-bond acceptors (Lipinski definition) is 5. The number of fused-ring (bicyclic) bond motifs is 7. The first kappa shape index (κ1) is 39.4. The monoisotopic (exact) mass is 696 g/mol. The third-order valence-corrected chi connectivity index (χ3v) is 16.5. The fourth-order valence-electron chi connectivity index (χ4n) is 13.8. The Kier molecular flexibility index (Phi) is 12.0. The highest BCUT2D eigenvalue weighted by Gasteiger charge is 2.71. The molecule has 5 aliphatic carbocycles. The van der Waals surface area contributed by atoms with Crippen molar-refractivity contribution < 1.29 is 23.9 Å².